The summed E-state index contributed by atoms with van der Waals surface area (Å²) in [6.07, 6.45) is 3.31. The molecule has 1 N–H and O–H groups in total. The molecule has 0 unspecified atom stereocenters. The molecule has 6 nitrogen and oxygen atoms in total. The molecular formula is C18H25IN6. The van der Waals surface area contributed by atoms with Crippen LogP contribution in [0, 0.1) is 6.92 Å². The van der Waals surface area contributed by atoms with Crippen LogP contribution in [0.3, 0.4) is 0 Å². The highest BCUT2D eigenvalue weighted by atomic mass is 127. The van der Waals surface area contributed by atoms with Crippen molar-refractivity contribution in [3.8, 4) is 0 Å². The second-order valence-electron chi connectivity index (χ2n) is 5.91. The molecule has 1 aliphatic heterocycles. The van der Waals surface area contributed by atoms with Crippen molar-refractivity contribution < 1.29 is 0 Å². The van der Waals surface area contributed by atoms with Gasteiger partial charge in [0.15, 0.2) is 11.8 Å². The highest BCUT2D eigenvalue weighted by Crippen LogP contribution is 2.21. The van der Waals surface area contributed by atoms with E-state index in [9.17, 15) is 0 Å². The van der Waals surface area contributed by atoms with Crippen LogP contribution in [0.1, 0.15) is 23.6 Å². The van der Waals surface area contributed by atoms with Crippen LogP contribution in [-0.2, 0) is 13.6 Å². The number of rotatable bonds is 3. The Kier molecular flexibility index (Phi) is 6.98. The number of aliphatic imine (C=N–C) groups is 1. The maximum Gasteiger partial charge on any atom is 0.194 e. The normalized spacial score (nSPS) is 14.8. The van der Waals surface area contributed by atoms with E-state index in [2.05, 4.69) is 61.8 Å². The van der Waals surface area contributed by atoms with Crippen molar-refractivity contribution in [2.75, 3.05) is 20.1 Å². The standard InChI is InChI=1S/C18H24N6.HI/c1-14-21-22-17(23(14)3)13-20-18(19-2)24-11-9-16(10-12-24)15-7-5-4-6-8-15;/h4-9H,10-13H2,1-3H3,(H,19,20);1H. The Labute approximate surface area is 166 Å². The zero-order chi connectivity index (χ0) is 16.9. The molecule has 7 heteroatoms. The smallest absolute Gasteiger partial charge is 0.194 e. The molecule has 1 aromatic carbocycles. The third-order valence-electron chi connectivity index (χ3n) is 4.45. The monoisotopic (exact) mass is 452 g/mol. The number of nitrogens with zero attached hydrogens (tertiary/aromatic N) is 5. The zero-order valence-electron chi connectivity index (χ0n) is 14.9. The van der Waals surface area contributed by atoms with Gasteiger partial charge in [-0.25, -0.2) is 0 Å². The van der Waals surface area contributed by atoms with E-state index in [-0.39, 0.29) is 24.0 Å². The van der Waals surface area contributed by atoms with Gasteiger partial charge in [-0.15, -0.1) is 34.2 Å². The van der Waals surface area contributed by atoms with Gasteiger partial charge in [0, 0.05) is 27.2 Å². The molecule has 0 fully saturated rings. The molecule has 25 heavy (non-hydrogen) atoms. The predicted molar refractivity (Wildman–Crippen MR) is 112 cm³/mol. The van der Waals surface area contributed by atoms with Gasteiger partial charge < -0.3 is 14.8 Å². The van der Waals surface area contributed by atoms with Crippen molar-refractivity contribution in [2.45, 2.75) is 19.9 Å². The van der Waals surface area contributed by atoms with Crippen molar-refractivity contribution in [2.24, 2.45) is 12.0 Å². The van der Waals surface area contributed by atoms with Gasteiger partial charge in [0.25, 0.3) is 0 Å². The summed E-state index contributed by atoms with van der Waals surface area (Å²) in [6.45, 7) is 4.39. The van der Waals surface area contributed by atoms with E-state index in [0.717, 1.165) is 37.1 Å². The van der Waals surface area contributed by atoms with Gasteiger partial charge in [0.2, 0.25) is 0 Å². The summed E-state index contributed by atoms with van der Waals surface area (Å²) < 4.78 is 1.99. The first kappa shape index (κ1) is 19.4. The Bertz CT molecular complexity index is 750. The molecular weight excluding hydrogens is 427 g/mol. The molecule has 0 saturated heterocycles. The summed E-state index contributed by atoms with van der Waals surface area (Å²) in [6, 6.07) is 10.6. The van der Waals surface area contributed by atoms with E-state index in [1.807, 2.05) is 25.6 Å². The van der Waals surface area contributed by atoms with Gasteiger partial charge in [0.05, 0.1) is 6.54 Å². The summed E-state index contributed by atoms with van der Waals surface area (Å²) in [4.78, 5) is 6.67. The van der Waals surface area contributed by atoms with Crippen LogP contribution in [0.25, 0.3) is 5.57 Å². The first-order valence-corrected chi connectivity index (χ1v) is 8.24. The Morgan fingerprint density at radius 1 is 1.24 bits per heavy atom. The number of nitrogens with one attached hydrogen (secondary N) is 1. The number of aromatic nitrogens is 3. The molecule has 0 atom stereocenters. The lowest BCUT2D eigenvalue weighted by Gasteiger charge is -2.29. The Morgan fingerprint density at radius 3 is 2.56 bits per heavy atom. The lowest BCUT2D eigenvalue weighted by atomic mass is 10.00. The van der Waals surface area contributed by atoms with Crippen LogP contribution in [-0.4, -0.2) is 45.8 Å². The van der Waals surface area contributed by atoms with E-state index in [4.69, 9.17) is 0 Å². The van der Waals surface area contributed by atoms with Gasteiger partial charge in [-0.2, -0.15) is 0 Å². The van der Waals surface area contributed by atoms with Crippen LogP contribution >= 0.6 is 24.0 Å². The van der Waals surface area contributed by atoms with Crippen LogP contribution in [0.4, 0.5) is 0 Å². The molecule has 0 radical (unpaired) electrons. The number of hydrogen-bond acceptors (Lipinski definition) is 3. The number of benzene rings is 1. The van der Waals surface area contributed by atoms with E-state index in [1.54, 1.807) is 0 Å². The fourth-order valence-electron chi connectivity index (χ4n) is 2.87. The molecule has 2 aromatic rings. The minimum absolute atomic E-state index is 0. The Balaban J connectivity index is 0.00000225. The average molecular weight is 452 g/mol. The molecule has 3 rings (SSSR count). The highest BCUT2D eigenvalue weighted by molar-refractivity contribution is 14.0. The van der Waals surface area contributed by atoms with E-state index in [0.29, 0.717) is 6.54 Å². The number of guanidine groups is 1. The fraction of sp³-hybridized carbons (Fsp3) is 0.389. The number of halogens is 1. The summed E-state index contributed by atoms with van der Waals surface area (Å²) >= 11 is 0. The van der Waals surface area contributed by atoms with E-state index in [1.165, 1.54) is 11.1 Å². The first-order valence-electron chi connectivity index (χ1n) is 8.24. The van der Waals surface area contributed by atoms with Gasteiger partial charge >= 0.3 is 0 Å². The van der Waals surface area contributed by atoms with Crippen molar-refractivity contribution >= 4 is 35.5 Å². The van der Waals surface area contributed by atoms with Gasteiger partial charge in [-0.3, -0.25) is 4.99 Å². The quantitative estimate of drug-likeness (QED) is 0.442. The Morgan fingerprint density at radius 2 is 2.00 bits per heavy atom. The van der Waals surface area contributed by atoms with Crippen LogP contribution in [0.15, 0.2) is 41.4 Å². The number of hydrogen-bond donors (Lipinski definition) is 1. The van der Waals surface area contributed by atoms with Crippen LogP contribution < -0.4 is 5.32 Å². The highest BCUT2D eigenvalue weighted by Gasteiger charge is 2.16. The van der Waals surface area contributed by atoms with Gasteiger partial charge in [-0.05, 0) is 24.5 Å². The minimum Gasteiger partial charge on any atom is -0.349 e. The van der Waals surface area contributed by atoms with E-state index >= 15 is 0 Å². The van der Waals surface area contributed by atoms with Gasteiger partial charge in [-0.1, -0.05) is 36.4 Å². The molecule has 1 aromatic heterocycles. The number of aryl methyl sites for hydroxylation is 1. The van der Waals surface area contributed by atoms with Crippen LogP contribution in [0.5, 0.6) is 0 Å². The van der Waals surface area contributed by atoms with Crippen molar-refractivity contribution in [3.63, 3.8) is 0 Å². The lowest BCUT2D eigenvalue weighted by Crippen LogP contribution is -2.43. The molecule has 0 spiro atoms. The summed E-state index contributed by atoms with van der Waals surface area (Å²) in [5.41, 5.74) is 2.72. The summed E-state index contributed by atoms with van der Waals surface area (Å²) in [7, 11) is 3.80. The Hall–Kier alpha value is -1.90. The zero-order valence-corrected chi connectivity index (χ0v) is 17.3. The largest absolute Gasteiger partial charge is 0.349 e. The molecule has 0 bridgehead atoms. The van der Waals surface area contributed by atoms with E-state index < -0.39 is 0 Å². The lowest BCUT2D eigenvalue weighted by molar-refractivity contribution is 0.438. The third-order valence-corrected chi connectivity index (χ3v) is 4.45. The molecule has 0 saturated carbocycles. The van der Waals surface area contributed by atoms with Crippen molar-refractivity contribution in [1.82, 2.24) is 25.0 Å². The summed E-state index contributed by atoms with van der Waals surface area (Å²) in [5.74, 6) is 2.72. The molecule has 134 valence electrons. The van der Waals surface area contributed by atoms with Gasteiger partial charge in [0.1, 0.15) is 5.82 Å². The second kappa shape index (κ2) is 8.98. The molecule has 0 amide bonds. The predicted octanol–water partition coefficient (Wildman–Crippen LogP) is 2.61. The third kappa shape index (κ3) is 4.59. The topological polar surface area (TPSA) is 58.3 Å². The molecule has 2 heterocycles. The fourth-order valence-corrected chi connectivity index (χ4v) is 2.87. The first-order chi connectivity index (χ1) is 11.7. The SMILES string of the molecule is CN=C(NCc1nnc(C)n1C)N1CC=C(c2ccccc2)CC1.I. The average Bonchev–Trinajstić information content (AvgIpc) is 2.96. The maximum atomic E-state index is 4.41. The minimum atomic E-state index is 0. The van der Waals surface area contributed by atoms with Crippen molar-refractivity contribution in [3.05, 3.63) is 53.6 Å². The second-order valence-corrected chi connectivity index (χ2v) is 5.91. The summed E-state index contributed by atoms with van der Waals surface area (Å²) in [5, 5.41) is 11.7. The maximum absolute atomic E-state index is 4.41. The van der Waals surface area contributed by atoms with Crippen LogP contribution in [0.2, 0.25) is 0 Å². The molecule has 1 aliphatic rings. The molecule has 0 aliphatic carbocycles. The van der Waals surface area contributed by atoms with Crippen molar-refractivity contribution in [1.29, 1.82) is 0 Å².